The fraction of sp³-hybridized carbons (Fsp3) is 0.250. The third-order valence-corrected chi connectivity index (χ3v) is 7.77. The lowest BCUT2D eigenvalue weighted by Crippen LogP contribution is -2.17. The van der Waals surface area contributed by atoms with Crippen molar-refractivity contribution in [3.63, 3.8) is 0 Å². The third kappa shape index (κ3) is 14.8. The summed E-state index contributed by atoms with van der Waals surface area (Å²) in [5.41, 5.74) is 2.13. The number of rotatable bonds is 16. The van der Waals surface area contributed by atoms with Gasteiger partial charge in [0.15, 0.2) is 11.9 Å². The Bertz CT molecular complexity index is 1820. The Morgan fingerprint density at radius 2 is 1.07 bits per heavy atom. The maximum Gasteiger partial charge on any atom is 0.573 e. The number of carbonyl (C=O) groups excluding carboxylic acids is 1. The van der Waals surface area contributed by atoms with Crippen LogP contribution in [0.15, 0.2) is 121 Å². The van der Waals surface area contributed by atoms with E-state index >= 15 is 0 Å². The van der Waals surface area contributed by atoms with Crippen LogP contribution in [0, 0.1) is 0 Å². The summed E-state index contributed by atoms with van der Waals surface area (Å²) in [6.07, 6.45) is -10.9. The molecule has 1 aliphatic heterocycles. The van der Waals surface area contributed by atoms with Gasteiger partial charge in [0.2, 0.25) is 5.76 Å². The van der Waals surface area contributed by atoms with Crippen molar-refractivity contribution in [2.75, 3.05) is 6.61 Å². The number of cyclic esters (lactones) is 1. The average molecular weight is 787 g/mol. The lowest BCUT2D eigenvalue weighted by atomic mass is 10.2. The summed E-state index contributed by atoms with van der Waals surface area (Å²) in [5.74, 6) is -2.40. The van der Waals surface area contributed by atoms with Gasteiger partial charge in [-0.15, -0.1) is 26.3 Å². The second-order valence-electron chi connectivity index (χ2n) is 11.1. The van der Waals surface area contributed by atoms with E-state index in [2.05, 4.69) is 9.47 Å². The van der Waals surface area contributed by atoms with Crippen molar-refractivity contribution in [1.82, 2.24) is 0 Å². The summed E-state index contributed by atoms with van der Waals surface area (Å²) in [6.45, 7) is -0.950. The molecule has 290 valence electrons. The summed E-state index contributed by atoms with van der Waals surface area (Å²) >= 11 is 0. The molecule has 0 bridgehead atoms. The minimum Gasteiger partial charge on any atom is -0.485 e. The van der Waals surface area contributed by atoms with Crippen LogP contribution in [0.5, 0.6) is 11.5 Å². The van der Waals surface area contributed by atoms with Gasteiger partial charge >= 0.3 is 26.5 Å². The first kappa shape index (κ1) is 41.7. The number of halogens is 6. The van der Waals surface area contributed by atoms with Crippen LogP contribution in [0.1, 0.15) is 28.7 Å². The molecular weight excluding hydrogens is 753 g/mol. The monoisotopic (exact) mass is 786 g/mol. The first-order chi connectivity index (χ1) is 25.6. The maximum atomic E-state index is 12.4. The molecule has 1 heterocycles. The Kier molecular flexibility index (Phi) is 14.9. The van der Waals surface area contributed by atoms with Crippen LogP contribution < -0.4 is 9.47 Å². The van der Waals surface area contributed by atoms with E-state index in [1.54, 1.807) is 0 Å². The van der Waals surface area contributed by atoms with Gasteiger partial charge < -0.3 is 33.7 Å². The van der Waals surface area contributed by atoms with E-state index in [1.165, 1.54) is 24.3 Å². The van der Waals surface area contributed by atoms with Crippen molar-refractivity contribution in [3.8, 4) is 11.5 Å². The van der Waals surface area contributed by atoms with Crippen molar-refractivity contribution in [2.45, 2.75) is 51.7 Å². The fourth-order valence-electron chi connectivity index (χ4n) is 4.56. The van der Waals surface area contributed by atoms with Crippen molar-refractivity contribution in [2.24, 2.45) is 0 Å². The molecule has 0 aromatic heterocycles. The van der Waals surface area contributed by atoms with Crippen molar-refractivity contribution in [1.29, 1.82) is 0 Å². The summed E-state index contributed by atoms with van der Waals surface area (Å²) in [6, 6.07) is 28.2. The lowest BCUT2D eigenvalue weighted by Gasteiger charge is -2.15. The third-order valence-electron chi connectivity index (χ3n) is 6.86. The molecule has 4 aromatic carbocycles. The Balaban J connectivity index is 0.000000287. The molecule has 54 heavy (non-hydrogen) atoms. The molecule has 0 aliphatic carbocycles. The highest BCUT2D eigenvalue weighted by Gasteiger charge is 2.38. The zero-order valence-electron chi connectivity index (χ0n) is 28.0. The molecule has 2 N–H and O–H groups in total. The van der Waals surface area contributed by atoms with Gasteiger partial charge in [0.25, 0.3) is 0 Å². The molecule has 1 atom stereocenters. The van der Waals surface area contributed by atoms with E-state index in [0.29, 0.717) is 0 Å². The van der Waals surface area contributed by atoms with E-state index < -0.39 is 44.1 Å². The van der Waals surface area contributed by atoms with Crippen molar-refractivity contribution in [3.05, 3.63) is 143 Å². The van der Waals surface area contributed by atoms with E-state index in [4.69, 9.17) is 23.3 Å². The van der Waals surface area contributed by atoms with E-state index in [-0.39, 0.29) is 62.1 Å². The molecule has 11 nitrogen and oxygen atoms in total. The first-order valence-electron chi connectivity index (χ1n) is 15.8. The van der Waals surface area contributed by atoms with Gasteiger partial charge in [0.05, 0.1) is 13.2 Å². The second-order valence-corrected chi connectivity index (χ2v) is 12.5. The molecule has 5 rings (SSSR count). The molecule has 1 aliphatic rings. The lowest BCUT2D eigenvalue weighted by molar-refractivity contribution is -0.275. The van der Waals surface area contributed by atoms with Crippen LogP contribution in [0.25, 0.3) is 0 Å². The predicted molar refractivity (Wildman–Crippen MR) is 177 cm³/mol. The molecule has 0 saturated carbocycles. The molecule has 0 saturated heterocycles. The number of benzene rings is 4. The van der Waals surface area contributed by atoms with Crippen LogP contribution in [-0.2, 0) is 59.0 Å². The van der Waals surface area contributed by atoms with Crippen LogP contribution >= 0.6 is 7.82 Å². The Hall–Kier alpha value is -5.06. The van der Waals surface area contributed by atoms with Gasteiger partial charge in [-0.05, 0) is 46.5 Å². The minimum atomic E-state index is -4.89. The van der Waals surface area contributed by atoms with Crippen molar-refractivity contribution < 1.29 is 78.4 Å². The Morgan fingerprint density at radius 3 is 1.52 bits per heavy atom. The number of alkyl halides is 6. The molecule has 18 heteroatoms. The largest absolute Gasteiger partial charge is 0.573 e. The maximum absolute atomic E-state index is 12.4. The number of phosphoric acid groups is 1. The number of phosphoric ester groups is 1. The molecular formula is C36H33F6O11P. The van der Waals surface area contributed by atoms with Gasteiger partial charge in [-0.25, -0.2) is 9.36 Å². The number of aliphatic hydroxyl groups is 1. The quantitative estimate of drug-likeness (QED) is 0.0645. The first-order valence-corrected chi connectivity index (χ1v) is 17.3. The van der Waals surface area contributed by atoms with Crippen molar-refractivity contribution >= 4 is 13.8 Å². The predicted octanol–water partition coefficient (Wildman–Crippen LogP) is 8.26. The highest BCUT2D eigenvalue weighted by atomic mass is 31.2. The van der Waals surface area contributed by atoms with Gasteiger partial charge in [-0.3, -0.25) is 9.05 Å². The highest BCUT2D eigenvalue weighted by Crippen LogP contribution is 2.45. The summed E-state index contributed by atoms with van der Waals surface area (Å²) in [7, 11) is -4.02. The fourth-order valence-corrected chi connectivity index (χ4v) is 5.26. The molecule has 0 amide bonds. The van der Waals surface area contributed by atoms with Crippen LogP contribution in [0.2, 0.25) is 0 Å². The zero-order valence-corrected chi connectivity index (χ0v) is 28.9. The highest BCUT2D eigenvalue weighted by molar-refractivity contribution is 7.47. The second kappa shape index (κ2) is 19.3. The topological polar surface area (TPSA) is 139 Å². The average Bonchev–Trinajstić information content (AvgIpc) is 3.41. The number of carbonyl (C=O) groups is 1. The van der Waals surface area contributed by atoms with Crippen LogP contribution in [0.3, 0.4) is 0 Å². The smallest absolute Gasteiger partial charge is 0.485 e. The molecule has 0 fully saturated rings. The zero-order chi connectivity index (χ0) is 39.2. The summed E-state index contributed by atoms with van der Waals surface area (Å²) < 4.78 is 120. The molecule has 1 unspecified atom stereocenters. The van der Waals surface area contributed by atoms with Gasteiger partial charge in [-0.2, -0.15) is 0 Å². The van der Waals surface area contributed by atoms with Crippen LogP contribution in [0.4, 0.5) is 26.3 Å². The van der Waals surface area contributed by atoms with E-state index in [0.717, 1.165) is 35.4 Å². The number of hydrogen-bond donors (Lipinski definition) is 2. The summed E-state index contributed by atoms with van der Waals surface area (Å²) in [5, 5.41) is 9.24. The Labute approximate surface area is 304 Å². The minimum absolute atomic E-state index is 0.0450. The van der Waals surface area contributed by atoms with E-state index in [1.807, 2.05) is 60.7 Å². The molecule has 4 aromatic rings. The van der Waals surface area contributed by atoms with E-state index in [9.17, 15) is 45.7 Å². The normalized spacial score (nSPS) is 14.5. The standard InChI is InChI=1S/C22H18F6O7.C14H15O4P/c23-21(24,25)34-15-5-1-3-13(9-15)11-31-18-17(7-8-29)33-20(30)19(18)32-12-14-4-2-6-16(10-14)35-22(26,27)28;15-19(16,17-11-13-7-3-1-4-8-13)18-12-14-9-5-2-6-10-14/h1-6,9-10,17,29H,7-8,11-12H2;1-10H,11-12H2,(H,15,16). The molecule has 0 spiro atoms. The SMILES string of the molecule is O=C1OC(CCO)C(OCc2cccc(OC(F)(F)F)c2)=C1OCc1cccc(OC(F)(F)F)c1.O=P(O)(OCc1ccccc1)OCc1ccccc1. The molecule has 0 radical (unpaired) electrons. The van der Waals surface area contributed by atoms with Gasteiger partial charge in [0.1, 0.15) is 24.7 Å². The van der Waals surface area contributed by atoms with Crippen LogP contribution in [-0.4, -0.2) is 41.4 Å². The number of aliphatic hydroxyl groups excluding tert-OH is 1. The summed E-state index contributed by atoms with van der Waals surface area (Å²) in [4.78, 5) is 21.8. The number of hydrogen-bond acceptors (Lipinski definition) is 10. The van der Waals surface area contributed by atoms with Gasteiger partial charge in [0, 0.05) is 13.0 Å². The Morgan fingerprint density at radius 1 is 0.630 bits per heavy atom. The number of ether oxygens (including phenoxy) is 5. The number of esters is 1. The van der Waals surface area contributed by atoms with Gasteiger partial charge in [-0.1, -0.05) is 84.9 Å².